The molecule has 0 saturated heterocycles. The van der Waals surface area contributed by atoms with Gasteiger partial charge in [-0.05, 0) is 12.1 Å². The highest BCUT2D eigenvalue weighted by Gasteiger charge is 2.08. The van der Waals surface area contributed by atoms with Gasteiger partial charge in [0.25, 0.3) is 0 Å². The molecule has 6 heteroatoms. The molecule has 0 fully saturated rings. The summed E-state index contributed by atoms with van der Waals surface area (Å²) < 4.78 is 1.41. The molecule has 2 rings (SSSR count). The van der Waals surface area contributed by atoms with Gasteiger partial charge in [-0.3, -0.25) is 0 Å². The molecule has 0 aliphatic carbocycles. The van der Waals surface area contributed by atoms with Gasteiger partial charge in [0.05, 0.1) is 0 Å². The molecule has 0 bridgehead atoms. The van der Waals surface area contributed by atoms with Crippen LogP contribution in [0.3, 0.4) is 0 Å². The highest BCUT2D eigenvalue weighted by Crippen LogP contribution is 2.26. The molecule has 0 amide bonds. The number of anilines is 1. The van der Waals surface area contributed by atoms with Crippen LogP contribution in [0.4, 0.5) is 5.95 Å². The number of nitrogens with two attached hydrogens (primary N) is 1. The van der Waals surface area contributed by atoms with Crippen LogP contribution in [0.25, 0.3) is 11.4 Å². The van der Waals surface area contributed by atoms with E-state index in [1.165, 1.54) is 22.9 Å². The van der Waals surface area contributed by atoms with Crippen molar-refractivity contribution in [2.75, 3.05) is 5.73 Å². The number of rotatable bonds is 1. The molecule has 78 valence electrons. The Morgan fingerprint density at radius 3 is 2.27 bits per heavy atom. The molecule has 2 aromatic rings. The number of nitrogens with zero attached hydrogens (tertiary/aromatic N) is 3. The van der Waals surface area contributed by atoms with Crippen LogP contribution in [-0.4, -0.2) is 25.0 Å². The van der Waals surface area contributed by atoms with Crippen LogP contribution in [0, 0.1) is 0 Å². The third-order valence-electron chi connectivity index (χ3n) is 1.96. The minimum absolute atomic E-state index is 0.0453. The quantitative estimate of drug-likeness (QED) is 0.630. The highest BCUT2D eigenvalue weighted by molar-refractivity contribution is 5.61. The molecule has 1 aromatic heterocycles. The van der Waals surface area contributed by atoms with Gasteiger partial charge in [0.2, 0.25) is 5.95 Å². The summed E-state index contributed by atoms with van der Waals surface area (Å²) in [6, 6.07) is 4.14. The van der Waals surface area contributed by atoms with E-state index in [1.807, 2.05) is 0 Å². The van der Waals surface area contributed by atoms with Crippen LogP contribution in [0.2, 0.25) is 0 Å². The molecule has 0 unspecified atom stereocenters. The first-order chi connectivity index (χ1) is 7.06. The van der Waals surface area contributed by atoms with Gasteiger partial charge in [-0.25, -0.2) is 4.68 Å². The molecule has 0 atom stereocenters. The van der Waals surface area contributed by atoms with Gasteiger partial charge in [-0.2, -0.15) is 4.98 Å². The van der Waals surface area contributed by atoms with Gasteiger partial charge in [0.1, 0.15) is 11.5 Å². The van der Waals surface area contributed by atoms with Crippen molar-refractivity contribution >= 4 is 5.95 Å². The topological polar surface area (TPSA) is 97.2 Å². The first-order valence-electron chi connectivity index (χ1n) is 4.26. The Morgan fingerprint density at radius 2 is 1.80 bits per heavy atom. The van der Waals surface area contributed by atoms with Crippen molar-refractivity contribution in [1.29, 1.82) is 0 Å². The second kappa shape index (κ2) is 3.16. The molecule has 0 aliphatic heterocycles. The zero-order valence-electron chi connectivity index (χ0n) is 8.05. The third kappa shape index (κ3) is 1.69. The first-order valence-corrected chi connectivity index (χ1v) is 4.26. The summed E-state index contributed by atoms with van der Waals surface area (Å²) in [5, 5.41) is 22.6. The Kier molecular flexibility index (Phi) is 1.96. The maximum absolute atomic E-state index is 9.28. The highest BCUT2D eigenvalue weighted by atomic mass is 16.3. The standard InChI is InChI=1S/C9H10N4O2/c1-13-9(10)11-8(12-13)5-2-6(14)4-7(15)3-5/h2-4,14-15H,1H3,(H2,10,11,12). The van der Waals surface area contributed by atoms with Crippen LogP contribution >= 0.6 is 0 Å². The van der Waals surface area contributed by atoms with Crippen LogP contribution < -0.4 is 5.73 Å². The zero-order chi connectivity index (χ0) is 11.0. The monoisotopic (exact) mass is 206 g/mol. The summed E-state index contributed by atoms with van der Waals surface area (Å²) in [6.45, 7) is 0. The Bertz CT molecular complexity index is 467. The Balaban J connectivity index is 2.53. The maximum Gasteiger partial charge on any atom is 0.218 e. The van der Waals surface area contributed by atoms with Crippen LogP contribution in [0.1, 0.15) is 0 Å². The molecule has 0 spiro atoms. The zero-order valence-corrected chi connectivity index (χ0v) is 8.05. The molecular formula is C9H10N4O2. The molecule has 15 heavy (non-hydrogen) atoms. The van der Waals surface area contributed by atoms with Crippen molar-refractivity contribution in [3.05, 3.63) is 18.2 Å². The van der Waals surface area contributed by atoms with Crippen molar-refractivity contribution < 1.29 is 10.2 Å². The lowest BCUT2D eigenvalue weighted by Crippen LogP contribution is -1.97. The molecule has 0 aliphatic rings. The lowest BCUT2D eigenvalue weighted by molar-refractivity contribution is 0.451. The van der Waals surface area contributed by atoms with Crippen LogP contribution in [-0.2, 0) is 7.05 Å². The molecule has 1 aromatic carbocycles. The van der Waals surface area contributed by atoms with E-state index in [-0.39, 0.29) is 17.4 Å². The number of hydrogen-bond acceptors (Lipinski definition) is 5. The van der Waals surface area contributed by atoms with E-state index in [9.17, 15) is 10.2 Å². The lowest BCUT2D eigenvalue weighted by Gasteiger charge is -1.98. The van der Waals surface area contributed by atoms with E-state index in [4.69, 9.17) is 5.73 Å². The Hall–Kier alpha value is -2.24. The second-order valence-electron chi connectivity index (χ2n) is 3.16. The van der Waals surface area contributed by atoms with E-state index >= 15 is 0 Å². The van der Waals surface area contributed by atoms with Crippen LogP contribution in [0.15, 0.2) is 18.2 Å². The number of phenols is 2. The summed E-state index contributed by atoms with van der Waals surface area (Å²) in [5.41, 5.74) is 6.03. The minimum atomic E-state index is -0.0453. The first kappa shape index (κ1) is 9.32. The van der Waals surface area contributed by atoms with Crippen molar-refractivity contribution in [3.63, 3.8) is 0 Å². The summed E-state index contributed by atoms with van der Waals surface area (Å²) >= 11 is 0. The fourth-order valence-electron chi connectivity index (χ4n) is 1.24. The predicted octanol–water partition coefficient (Wildman–Crippen LogP) is 0.476. The van der Waals surface area contributed by atoms with E-state index in [0.29, 0.717) is 11.4 Å². The molecule has 0 radical (unpaired) electrons. The van der Waals surface area contributed by atoms with E-state index in [1.54, 1.807) is 7.05 Å². The largest absolute Gasteiger partial charge is 0.508 e. The van der Waals surface area contributed by atoms with Crippen molar-refractivity contribution in [2.45, 2.75) is 0 Å². The number of nitrogen functional groups attached to an aromatic ring is 1. The third-order valence-corrected chi connectivity index (χ3v) is 1.96. The van der Waals surface area contributed by atoms with Gasteiger partial charge < -0.3 is 15.9 Å². The lowest BCUT2D eigenvalue weighted by atomic mass is 10.2. The van der Waals surface area contributed by atoms with Gasteiger partial charge in [0, 0.05) is 18.7 Å². The van der Waals surface area contributed by atoms with Crippen molar-refractivity contribution in [3.8, 4) is 22.9 Å². The number of aromatic hydroxyl groups is 2. The summed E-state index contributed by atoms with van der Waals surface area (Å²) in [7, 11) is 1.66. The number of phenolic OH excluding ortho intramolecular Hbond substituents is 2. The fraction of sp³-hybridized carbons (Fsp3) is 0.111. The fourth-order valence-corrected chi connectivity index (χ4v) is 1.24. The Labute approximate surface area is 85.6 Å². The smallest absolute Gasteiger partial charge is 0.218 e. The molecular weight excluding hydrogens is 196 g/mol. The SMILES string of the molecule is Cn1nc(-c2cc(O)cc(O)c2)nc1N. The summed E-state index contributed by atoms with van der Waals surface area (Å²) in [5.74, 6) is 0.543. The Morgan fingerprint density at radius 1 is 1.20 bits per heavy atom. The minimum Gasteiger partial charge on any atom is -0.508 e. The van der Waals surface area contributed by atoms with Crippen LogP contribution in [0.5, 0.6) is 11.5 Å². The number of hydrogen-bond donors (Lipinski definition) is 3. The summed E-state index contributed by atoms with van der Waals surface area (Å²) in [4.78, 5) is 3.97. The average molecular weight is 206 g/mol. The summed E-state index contributed by atoms with van der Waals surface area (Å²) in [6.07, 6.45) is 0. The number of benzene rings is 1. The van der Waals surface area contributed by atoms with E-state index in [0.717, 1.165) is 0 Å². The predicted molar refractivity (Wildman–Crippen MR) is 54.2 cm³/mol. The molecule has 0 saturated carbocycles. The van der Waals surface area contributed by atoms with E-state index in [2.05, 4.69) is 10.1 Å². The van der Waals surface area contributed by atoms with Crippen molar-refractivity contribution in [1.82, 2.24) is 14.8 Å². The van der Waals surface area contributed by atoms with Gasteiger partial charge in [-0.1, -0.05) is 0 Å². The molecule has 4 N–H and O–H groups in total. The van der Waals surface area contributed by atoms with Gasteiger partial charge in [-0.15, -0.1) is 5.10 Å². The van der Waals surface area contributed by atoms with Gasteiger partial charge in [0.15, 0.2) is 5.82 Å². The van der Waals surface area contributed by atoms with Gasteiger partial charge >= 0.3 is 0 Å². The van der Waals surface area contributed by atoms with Crippen molar-refractivity contribution in [2.24, 2.45) is 7.05 Å². The molecule has 1 heterocycles. The number of aromatic nitrogens is 3. The number of aryl methyl sites for hydroxylation is 1. The van der Waals surface area contributed by atoms with E-state index < -0.39 is 0 Å². The normalized spacial score (nSPS) is 10.5. The molecule has 6 nitrogen and oxygen atoms in total. The second-order valence-corrected chi connectivity index (χ2v) is 3.16. The average Bonchev–Trinajstić information content (AvgIpc) is 2.45. The maximum atomic E-state index is 9.28.